The molecule has 1 N–H and O–H groups in total. The van der Waals surface area contributed by atoms with E-state index in [0.717, 1.165) is 44.0 Å². The highest BCUT2D eigenvalue weighted by Gasteiger charge is 2.24. The zero-order valence-corrected chi connectivity index (χ0v) is 13.6. The van der Waals surface area contributed by atoms with Crippen LogP contribution in [0.2, 0.25) is 0 Å². The zero-order chi connectivity index (χ0) is 15.5. The molecule has 5 nitrogen and oxygen atoms in total. The average Bonchev–Trinajstić information content (AvgIpc) is 3.08. The van der Waals surface area contributed by atoms with E-state index in [1.807, 2.05) is 6.20 Å². The molecule has 22 heavy (non-hydrogen) atoms. The summed E-state index contributed by atoms with van der Waals surface area (Å²) in [5, 5.41) is 9.24. The van der Waals surface area contributed by atoms with Gasteiger partial charge in [0.1, 0.15) is 5.82 Å². The Hall–Kier alpha value is -1.59. The number of rotatable bonds is 5. The first-order valence-electron chi connectivity index (χ1n) is 8.14. The number of aryl methyl sites for hydroxylation is 2. The van der Waals surface area contributed by atoms with E-state index < -0.39 is 0 Å². The number of nitrogens with zero attached hydrogens (tertiary/aromatic N) is 4. The lowest BCUT2D eigenvalue weighted by Crippen LogP contribution is -2.34. The minimum Gasteiger partial charge on any atom is -0.395 e. The van der Waals surface area contributed by atoms with E-state index in [9.17, 15) is 5.11 Å². The summed E-state index contributed by atoms with van der Waals surface area (Å²) in [6.07, 6.45) is 6.33. The first-order chi connectivity index (χ1) is 10.7. The van der Waals surface area contributed by atoms with Gasteiger partial charge in [-0.2, -0.15) is 0 Å². The fourth-order valence-electron chi connectivity index (χ4n) is 3.44. The Labute approximate surface area is 132 Å². The molecule has 3 rings (SSSR count). The summed E-state index contributed by atoms with van der Waals surface area (Å²) in [4.78, 5) is 7.13. The number of hydrogen-bond donors (Lipinski definition) is 1. The molecule has 1 aliphatic heterocycles. The van der Waals surface area contributed by atoms with Crippen molar-refractivity contribution in [3.63, 3.8) is 0 Å². The van der Waals surface area contributed by atoms with Crippen LogP contribution >= 0.6 is 0 Å². The smallest absolute Gasteiger partial charge is 0.112 e. The molecule has 1 aliphatic rings. The fraction of sp³-hybridized carbons (Fsp3) is 0.588. The molecule has 3 heterocycles. The normalized spacial score (nSPS) is 17.2. The topological polar surface area (TPSA) is 46.2 Å². The minimum atomic E-state index is 0.177. The maximum atomic E-state index is 9.24. The van der Waals surface area contributed by atoms with Gasteiger partial charge in [0.2, 0.25) is 0 Å². The highest BCUT2D eigenvalue weighted by molar-refractivity contribution is 5.10. The summed E-state index contributed by atoms with van der Waals surface area (Å²) < 4.78 is 4.38. The van der Waals surface area contributed by atoms with Crippen LogP contribution in [0.1, 0.15) is 36.0 Å². The lowest BCUT2D eigenvalue weighted by atomic mass is 9.95. The number of aliphatic hydroxyl groups excluding tert-OH is 1. The van der Waals surface area contributed by atoms with Crippen molar-refractivity contribution < 1.29 is 5.11 Å². The summed E-state index contributed by atoms with van der Waals surface area (Å²) in [5.74, 6) is 1.68. The van der Waals surface area contributed by atoms with Gasteiger partial charge in [0, 0.05) is 49.8 Å². The van der Waals surface area contributed by atoms with Crippen LogP contribution in [0.5, 0.6) is 0 Å². The number of piperidine rings is 1. The van der Waals surface area contributed by atoms with E-state index in [4.69, 9.17) is 0 Å². The molecule has 0 unspecified atom stereocenters. The van der Waals surface area contributed by atoms with Gasteiger partial charge in [0.25, 0.3) is 0 Å². The molecule has 0 spiro atoms. The first kappa shape index (κ1) is 15.3. The lowest BCUT2D eigenvalue weighted by molar-refractivity contribution is 0.195. The van der Waals surface area contributed by atoms with Gasteiger partial charge in [-0.15, -0.1) is 0 Å². The van der Waals surface area contributed by atoms with Crippen LogP contribution in [0, 0.1) is 6.92 Å². The van der Waals surface area contributed by atoms with Gasteiger partial charge in [-0.05, 0) is 45.0 Å². The van der Waals surface area contributed by atoms with Crippen LogP contribution < -0.4 is 0 Å². The van der Waals surface area contributed by atoms with Gasteiger partial charge >= 0.3 is 0 Å². The van der Waals surface area contributed by atoms with E-state index in [1.54, 1.807) is 0 Å². The monoisotopic (exact) mass is 302 g/mol. The second-order valence-electron chi connectivity index (χ2n) is 6.29. The van der Waals surface area contributed by atoms with Gasteiger partial charge in [-0.3, -0.25) is 4.90 Å². The molecule has 2 aromatic heterocycles. The number of likely N-dealkylation sites (tertiary alicyclic amines) is 1. The molecular weight excluding hydrogens is 276 g/mol. The molecule has 0 aromatic carbocycles. The van der Waals surface area contributed by atoms with Crippen molar-refractivity contribution in [2.45, 2.75) is 38.8 Å². The lowest BCUT2D eigenvalue weighted by Gasteiger charge is -2.32. The van der Waals surface area contributed by atoms with Crippen molar-refractivity contribution in [1.29, 1.82) is 0 Å². The minimum absolute atomic E-state index is 0.177. The van der Waals surface area contributed by atoms with E-state index in [1.165, 1.54) is 5.69 Å². The van der Waals surface area contributed by atoms with Gasteiger partial charge < -0.3 is 14.2 Å². The Morgan fingerprint density at radius 3 is 2.73 bits per heavy atom. The van der Waals surface area contributed by atoms with Crippen LogP contribution in [0.15, 0.2) is 24.5 Å². The molecule has 1 fully saturated rings. The van der Waals surface area contributed by atoms with Crippen LogP contribution in [-0.4, -0.2) is 43.8 Å². The summed E-state index contributed by atoms with van der Waals surface area (Å²) in [6, 6.07) is 4.31. The highest BCUT2D eigenvalue weighted by Crippen LogP contribution is 2.28. The number of imidazole rings is 1. The van der Waals surface area contributed by atoms with Crippen LogP contribution in [0.3, 0.4) is 0 Å². The summed E-state index contributed by atoms with van der Waals surface area (Å²) in [6.45, 7) is 6.15. The molecule has 0 bridgehead atoms. The van der Waals surface area contributed by atoms with Crippen molar-refractivity contribution in [2.75, 3.05) is 19.7 Å². The van der Waals surface area contributed by atoms with Crippen molar-refractivity contribution in [3.05, 3.63) is 41.7 Å². The molecule has 5 heteroatoms. The summed E-state index contributed by atoms with van der Waals surface area (Å²) in [7, 11) is 2.11. The second kappa shape index (κ2) is 6.67. The van der Waals surface area contributed by atoms with E-state index in [0.29, 0.717) is 12.5 Å². The maximum Gasteiger partial charge on any atom is 0.112 e. The summed E-state index contributed by atoms with van der Waals surface area (Å²) >= 11 is 0. The molecule has 0 atom stereocenters. The quantitative estimate of drug-likeness (QED) is 0.917. The van der Waals surface area contributed by atoms with Gasteiger partial charge in [-0.1, -0.05) is 0 Å². The fourth-order valence-corrected chi connectivity index (χ4v) is 3.44. The van der Waals surface area contributed by atoms with Gasteiger partial charge in [0.15, 0.2) is 0 Å². The van der Waals surface area contributed by atoms with Crippen LogP contribution in [-0.2, 0) is 20.1 Å². The van der Waals surface area contributed by atoms with Gasteiger partial charge in [-0.25, -0.2) is 4.98 Å². The molecule has 0 saturated carbocycles. The Morgan fingerprint density at radius 2 is 2.09 bits per heavy atom. The molecule has 0 radical (unpaired) electrons. The molecular formula is C17H26N4O. The van der Waals surface area contributed by atoms with Crippen LogP contribution in [0.4, 0.5) is 0 Å². The highest BCUT2D eigenvalue weighted by atomic mass is 16.3. The average molecular weight is 302 g/mol. The molecule has 0 amide bonds. The summed E-state index contributed by atoms with van der Waals surface area (Å²) in [5.41, 5.74) is 2.52. The van der Waals surface area contributed by atoms with Crippen LogP contribution in [0.25, 0.3) is 0 Å². The van der Waals surface area contributed by atoms with Crippen molar-refractivity contribution in [1.82, 2.24) is 19.0 Å². The Bertz CT molecular complexity index is 608. The van der Waals surface area contributed by atoms with Crippen molar-refractivity contribution >= 4 is 0 Å². The Morgan fingerprint density at radius 1 is 1.32 bits per heavy atom. The first-order valence-corrected chi connectivity index (χ1v) is 8.14. The SMILES string of the molecule is Cc1cnc(C2CCN(Cc3cccn3C)CC2)n1CCO. The third-order valence-electron chi connectivity index (χ3n) is 4.80. The third-order valence-corrected chi connectivity index (χ3v) is 4.80. The molecule has 0 aliphatic carbocycles. The number of aliphatic hydroxyl groups is 1. The van der Waals surface area contributed by atoms with Gasteiger partial charge in [0.05, 0.1) is 6.61 Å². The maximum absolute atomic E-state index is 9.24. The largest absolute Gasteiger partial charge is 0.395 e. The number of hydrogen-bond acceptors (Lipinski definition) is 3. The standard InChI is InChI=1S/C17H26N4O/c1-14-12-18-17(21(14)10-11-22)15-5-8-20(9-6-15)13-16-4-3-7-19(16)2/h3-4,7,12,15,22H,5-6,8-11,13H2,1-2H3. The molecule has 1 saturated heterocycles. The zero-order valence-electron chi connectivity index (χ0n) is 13.6. The van der Waals surface area contributed by atoms with E-state index in [-0.39, 0.29) is 6.61 Å². The molecule has 2 aromatic rings. The van der Waals surface area contributed by atoms with E-state index >= 15 is 0 Å². The second-order valence-corrected chi connectivity index (χ2v) is 6.29. The Kier molecular flexibility index (Phi) is 4.64. The Balaban J connectivity index is 1.61. The number of aromatic nitrogens is 3. The van der Waals surface area contributed by atoms with Crippen molar-refractivity contribution in [2.24, 2.45) is 7.05 Å². The third kappa shape index (κ3) is 3.10. The van der Waals surface area contributed by atoms with Crippen molar-refractivity contribution in [3.8, 4) is 0 Å². The predicted molar refractivity (Wildman–Crippen MR) is 86.7 cm³/mol. The predicted octanol–water partition coefficient (Wildman–Crippen LogP) is 1.90. The van der Waals surface area contributed by atoms with E-state index in [2.05, 4.69) is 51.3 Å². The molecule has 120 valence electrons.